The second-order valence-electron chi connectivity index (χ2n) is 3.36. The van der Waals surface area contributed by atoms with Gasteiger partial charge in [-0.05, 0) is 25.2 Å². The van der Waals surface area contributed by atoms with Crippen LogP contribution < -0.4 is 0 Å². The van der Waals surface area contributed by atoms with E-state index < -0.39 is 0 Å². The third-order valence-corrected chi connectivity index (χ3v) is 2.50. The van der Waals surface area contributed by atoms with Crippen LogP contribution in [-0.4, -0.2) is 30.7 Å². The number of carbonyl (C=O) groups is 1. The lowest BCUT2D eigenvalue weighted by atomic mass is 10.4. The first-order chi connectivity index (χ1) is 6.31. The van der Waals surface area contributed by atoms with Gasteiger partial charge in [0.2, 0.25) is 0 Å². The molecule has 13 heavy (non-hydrogen) atoms. The van der Waals surface area contributed by atoms with Crippen molar-refractivity contribution in [3.63, 3.8) is 0 Å². The number of hydrogen-bond acceptors (Lipinski definition) is 2. The number of carbonyl (C=O) groups excluding carboxylic acids is 1. The van der Waals surface area contributed by atoms with Crippen molar-refractivity contribution in [1.82, 2.24) is 4.90 Å². The predicted octanol–water partition coefficient (Wildman–Crippen LogP) is 2.12. The summed E-state index contributed by atoms with van der Waals surface area (Å²) < 4.78 is 4.88. The summed E-state index contributed by atoms with van der Waals surface area (Å²) in [5.41, 5.74) is 0. The minimum atomic E-state index is -0.125. The lowest BCUT2D eigenvalue weighted by Crippen LogP contribution is -2.30. The van der Waals surface area contributed by atoms with E-state index in [9.17, 15) is 4.79 Å². The monoisotopic (exact) mass is 185 g/mol. The van der Waals surface area contributed by atoms with E-state index in [0.717, 1.165) is 24.9 Å². The van der Waals surface area contributed by atoms with Gasteiger partial charge >= 0.3 is 6.09 Å². The summed E-state index contributed by atoms with van der Waals surface area (Å²) in [6, 6.07) is 0. The number of amides is 1. The van der Waals surface area contributed by atoms with Gasteiger partial charge in [0.25, 0.3) is 0 Å². The molecular weight excluding hydrogens is 166 g/mol. The fourth-order valence-electron chi connectivity index (χ4n) is 1.76. The van der Waals surface area contributed by atoms with Gasteiger partial charge in [-0.25, -0.2) is 4.79 Å². The Morgan fingerprint density at radius 2 is 1.92 bits per heavy atom. The summed E-state index contributed by atoms with van der Waals surface area (Å²) in [5, 5.41) is 0. The highest BCUT2D eigenvalue weighted by atomic mass is 16.6. The van der Waals surface area contributed by atoms with E-state index in [4.69, 9.17) is 4.74 Å². The molecule has 0 N–H and O–H groups in total. The maximum Gasteiger partial charge on any atom is 0.409 e. The second kappa shape index (κ2) is 4.49. The Balaban J connectivity index is 0.000000396. The van der Waals surface area contributed by atoms with Crippen LogP contribution in [0.5, 0.6) is 0 Å². The molecule has 3 nitrogen and oxygen atoms in total. The number of nitrogens with zero attached hydrogens (tertiary/aromatic N) is 1. The van der Waals surface area contributed by atoms with Crippen molar-refractivity contribution < 1.29 is 9.53 Å². The van der Waals surface area contributed by atoms with Gasteiger partial charge in [0.05, 0.1) is 6.61 Å². The first-order valence-corrected chi connectivity index (χ1v) is 5.23. The minimum absolute atomic E-state index is 0.125. The van der Waals surface area contributed by atoms with E-state index in [1.165, 1.54) is 6.42 Å². The summed E-state index contributed by atoms with van der Waals surface area (Å²) in [5.74, 6) is 1.61. The number of fused-ring (bicyclic) bond motifs is 1. The van der Waals surface area contributed by atoms with Crippen LogP contribution in [0.25, 0.3) is 0 Å². The molecule has 2 aliphatic rings. The minimum Gasteiger partial charge on any atom is -0.450 e. The Kier molecular flexibility index (Phi) is 3.58. The highest BCUT2D eigenvalue weighted by Gasteiger charge is 2.46. The molecule has 3 heteroatoms. The van der Waals surface area contributed by atoms with Crippen LogP contribution in [0.2, 0.25) is 0 Å². The maximum atomic E-state index is 11.1. The van der Waals surface area contributed by atoms with Gasteiger partial charge in [-0.15, -0.1) is 0 Å². The van der Waals surface area contributed by atoms with Crippen molar-refractivity contribution in [2.45, 2.75) is 27.2 Å². The van der Waals surface area contributed by atoms with Crippen molar-refractivity contribution in [3.05, 3.63) is 0 Å². The third kappa shape index (κ3) is 2.36. The summed E-state index contributed by atoms with van der Waals surface area (Å²) in [4.78, 5) is 12.9. The Hall–Kier alpha value is -0.730. The fraction of sp³-hybridized carbons (Fsp3) is 0.900. The molecule has 1 aliphatic carbocycles. The van der Waals surface area contributed by atoms with Crippen molar-refractivity contribution >= 4 is 6.09 Å². The number of likely N-dealkylation sites (tertiary alicyclic amines) is 1. The average Bonchev–Trinajstić information content (AvgIpc) is 2.77. The zero-order valence-electron chi connectivity index (χ0n) is 8.75. The predicted molar refractivity (Wildman–Crippen MR) is 51.5 cm³/mol. The SMILES string of the molecule is CC.CCOC(=O)N1CC2C[C@H]2C1. The quantitative estimate of drug-likeness (QED) is 0.626. The Morgan fingerprint density at radius 3 is 2.38 bits per heavy atom. The number of hydrogen-bond donors (Lipinski definition) is 0. The third-order valence-electron chi connectivity index (χ3n) is 2.50. The highest BCUT2D eigenvalue weighted by molar-refractivity contribution is 5.68. The van der Waals surface area contributed by atoms with Gasteiger partial charge < -0.3 is 9.64 Å². The maximum absolute atomic E-state index is 11.1. The van der Waals surface area contributed by atoms with E-state index in [0.29, 0.717) is 6.61 Å². The van der Waals surface area contributed by atoms with Gasteiger partial charge in [0.15, 0.2) is 0 Å². The molecule has 1 saturated heterocycles. The Morgan fingerprint density at radius 1 is 1.38 bits per heavy atom. The Labute approximate surface area is 80.1 Å². The van der Waals surface area contributed by atoms with E-state index in [2.05, 4.69) is 0 Å². The molecule has 1 amide bonds. The summed E-state index contributed by atoms with van der Waals surface area (Å²) in [6.07, 6.45) is 1.20. The van der Waals surface area contributed by atoms with Gasteiger partial charge in [-0.2, -0.15) is 0 Å². The number of rotatable bonds is 1. The van der Waals surface area contributed by atoms with E-state index >= 15 is 0 Å². The van der Waals surface area contributed by atoms with E-state index in [1.807, 2.05) is 25.7 Å². The van der Waals surface area contributed by atoms with Crippen molar-refractivity contribution in [2.75, 3.05) is 19.7 Å². The molecule has 0 aromatic carbocycles. The van der Waals surface area contributed by atoms with Crippen LogP contribution >= 0.6 is 0 Å². The smallest absolute Gasteiger partial charge is 0.409 e. The van der Waals surface area contributed by atoms with Crippen molar-refractivity contribution in [2.24, 2.45) is 11.8 Å². The molecule has 0 bridgehead atoms. The van der Waals surface area contributed by atoms with Crippen LogP contribution in [0, 0.1) is 11.8 Å². The molecule has 2 rings (SSSR count). The standard InChI is InChI=1S/C8H13NO2.C2H6/c1-2-11-8(10)9-4-6-3-7(6)5-9;1-2/h6-7H,2-5H2,1H3;1-2H3/t6-,7?;/m0./s1. The van der Waals surface area contributed by atoms with Gasteiger partial charge in [0, 0.05) is 13.1 Å². The van der Waals surface area contributed by atoms with E-state index in [-0.39, 0.29) is 6.09 Å². The summed E-state index contributed by atoms with van der Waals surface area (Å²) >= 11 is 0. The van der Waals surface area contributed by atoms with Crippen molar-refractivity contribution in [3.8, 4) is 0 Å². The largest absolute Gasteiger partial charge is 0.450 e. The van der Waals surface area contributed by atoms with Crippen LogP contribution in [-0.2, 0) is 4.74 Å². The Bertz CT molecular complexity index is 172. The first kappa shape index (κ1) is 10.4. The zero-order chi connectivity index (χ0) is 9.84. The van der Waals surface area contributed by atoms with Crippen LogP contribution in [0.4, 0.5) is 4.79 Å². The number of piperidine rings is 1. The normalized spacial score (nSPS) is 28.7. The molecular formula is C10H19NO2. The highest BCUT2D eigenvalue weighted by Crippen LogP contribution is 2.44. The summed E-state index contributed by atoms with van der Waals surface area (Å²) in [7, 11) is 0. The van der Waals surface area contributed by atoms with E-state index in [1.54, 1.807) is 0 Å². The zero-order valence-corrected chi connectivity index (χ0v) is 8.75. The number of ether oxygens (including phenoxy) is 1. The van der Waals surface area contributed by atoms with Crippen LogP contribution in [0.1, 0.15) is 27.2 Å². The van der Waals surface area contributed by atoms with Gasteiger partial charge in [-0.3, -0.25) is 0 Å². The molecule has 1 aliphatic heterocycles. The molecule has 76 valence electrons. The molecule has 1 heterocycles. The van der Waals surface area contributed by atoms with Gasteiger partial charge in [-0.1, -0.05) is 13.8 Å². The molecule has 2 fully saturated rings. The van der Waals surface area contributed by atoms with Gasteiger partial charge in [0.1, 0.15) is 0 Å². The molecule has 0 aromatic heterocycles. The summed E-state index contributed by atoms with van der Waals surface area (Å²) in [6.45, 7) is 8.20. The molecule has 0 radical (unpaired) electrons. The second-order valence-corrected chi connectivity index (χ2v) is 3.36. The van der Waals surface area contributed by atoms with Crippen LogP contribution in [0.15, 0.2) is 0 Å². The molecule has 1 saturated carbocycles. The topological polar surface area (TPSA) is 29.5 Å². The first-order valence-electron chi connectivity index (χ1n) is 5.23. The molecule has 0 spiro atoms. The molecule has 0 aromatic rings. The average molecular weight is 185 g/mol. The van der Waals surface area contributed by atoms with Crippen molar-refractivity contribution in [1.29, 1.82) is 0 Å². The van der Waals surface area contributed by atoms with Crippen LogP contribution in [0.3, 0.4) is 0 Å². The lowest BCUT2D eigenvalue weighted by molar-refractivity contribution is 0.112. The lowest BCUT2D eigenvalue weighted by Gasteiger charge is -2.16. The molecule has 2 atom stereocenters. The molecule has 1 unspecified atom stereocenters. The fourth-order valence-corrected chi connectivity index (χ4v) is 1.76.